The number of aromatic nitrogens is 2. The van der Waals surface area contributed by atoms with E-state index in [1.165, 1.54) is 12.3 Å². The van der Waals surface area contributed by atoms with Crippen molar-refractivity contribution in [2.45, 2.75) is 0 Å². The second-order valence-electron chi connectivity index (χ2n) is 4.81. The van der Waals surface area contributed by atoms with Crippen LogP contribution >= 0.6 is 11.6 Å². The Kier molecular flexibility index (Phi) is 4.35. The molecule has 0 radical (unpaired) electrons. The van der Waals surface area contributed by atoms with Crippen LogP contribution in [-0.4, -0.2) is 23.2 Å². The molecular weight excluding hydrogens is 332 g/mol. The molecule has 0 aliphatic carbocycles. The summed E-state index contributed by atoms with van der Waals surface area (Å²) in [4.78, 5) is 16.1. The number of nitrogen functional groups attached to an aromatic ring is 1. The van der Waals surface area contributed by atoms with Crippen LogP contribution in [-0.2, 0) is 0 Å². The van der Waals surface area contributed by atoms with Gasteiger partial charge in [-0.2, -0.15) is 0 Å². The summed E-state index contributed by atoms with van der Waals surface area (Å²) in [6, 6.07) is 10.0. The molecule has 0 aliphatic heterocycles. The number of pyridine rings is 1. The lowest BCUT2D eigenvalue weighted by atomic mass is 10.1. The third-order valence-corrected chi connectivity index (χ3v) is 3.62. The summed E-state index contributed by atoms with van der Waals surface area (Å²) in [6.45, 7) is 0. The Hall–Kier alpha value is -3.06. The van der Waals surface area contributed by atoms with Gasteiger partial charge in [0.2, 0.25) is 5.76 Å². The van der Waals surface area contributed by atoms with Crippen LogP contribution in [0.3, 0.4) is 0 Å². The first kappa shape index (κ1) is 15.8. The van der Waals surface area contributed by atoms with Gasteiger partial charge in [-0.15, -0.1) is 0 Å². The predicted molar refractivity (Wildman–Crippen MR) is 90.1 cm³/mol. The summed E-state index contributed by atoms with van der Waals surface area (Å²) in [5.41, 5.74) is 7.34. The molecule has 3 rings (SSSR count). The molecule has 0 aliphatic rings. The van der Waals surface area contributed by atoms with Crippen LogP contribution in [0.25, 0.3) is 11.1 Å². The van der Waals surface area contributed by atoms with Crippen LogP contribution < -0.4 is 15.8 Å². The molecule has 2 heterocycles. The summed E-state index contributed by atoms with van der Waals surface area (Å²) in [5.74, 6) is 0.774. The average molecular weight is 345 g/mol. The number of amides is 1. The van der Waals surface area contributed by atoms with Gasteiger partial charge in [0.25, 0.3) is 5.91 Å². The molecule has 3 aromatic rings. The molecule has 0 saturated carbocycles. The van der Waals surface area contributed by atoms with Crippen molar-refractivity contribution in [3.05, 3.63) is 53.4 Å². The number of anilines is 2. The molecule has 2 aromatic heterocycles. The van der Waals surface area contributed by atoms with E-state index < -0.39 is 5.91 Å². The summed E-state index contributed by atoms with van der Waals surface area (Å²) >= 11 is 6.22. The maximum Gasteiger partial charge on any atom is 0.295 e. The van der Waals surface area contributed by atoms with Crippen molar-refractivity contribution >= 4 is 29.1 Å². The van der Waals surface area contributed by atoms with Crippen molar-refractivity contribution < 1.29 is 14.1 Å². The zero-order valence-corrected chi connectivity index (χ0v) is 13.4. The van der Waals surface area contributed by atoms with E-state index in [0.717, 1.165) is 0 Å². The van der Waals surface area contributed by atoms with Gasteiger partial charge >= 0.3 is 0 Å². The average Bonchev–Trinajstić information content (AvgIpc) is 3.11. The van der Waals surface area contributed by atoms with Gasteiger partial charge in [-0.05, 0) is 30.3 Å². The van der Waals surface area contributed by atoms with Gasteiger partial charge in [0.05, 0.1) is 13.3 Å². The van der Waals surface area contributed by atoms with E-state index in [4.69, 9.17) is 26.6 Å². The van der Waals surface area contributed by atoms with Crippen molar-refractivity contribution in [1.82, 2.24) is 10.1 Å². The zero-order chi connectivity index (χ0) is 17.1. The van der Waals surface area contributed by atoms with Crippen LogP contribution in [0.4, 0.5) is 11.6 Å². The fourth-order valence-electron chi connectivity index (χ4n) is 2.12. The third-order valence-electron chi connectivity index (χ3n) is 3.29. The van der Waals surface area contributed by atoms with Crippen LogP contribution in [0.1, 0.15) is 10.6 Å². The highest BCUT2D eigenvalue weighted by molar-refractivity contribution is 6.33. The smallest absolute Gasteiger partial charge is 0.295 e. The highest BCUT2D eigenvalue weighted by Gasteiger charge is 2.14. The first-order chi connectivity index (χ1) is 11.6. The largest absolute Gasteiger partial charge is 0.497 e. The number of ether oxygens (including phenoxy) is 1. The second-order valence-corrected chi connectivity index (χ2v) is 5.21. The Morgan fingerprint density at radius 3 is 2.75 bits per heavy atom. The number of rotatable bonds is 4. The number of nitrogens with zero attached hydrogens (tertiary/aromatic N) is 2. The molecule has 8 heteroatoms. The minimum atomic E-state index is -0.466. The molecule has 122 valence electrons. The van der Waals surface area contributed by atoms with Gasteiger partial charge in [0.15, 0.2) is 0 Å². The number of halogens is 1. The molecule has 1 amide bonds. The van der Waals surface area contributed by atoms with Crippen LogP contribution in [0, 0.1) is 0 Å². The second kappa shape index (κ2) is 6.59. The monoisotopic (exact) mass is 344 g/mol. The minimum absolute atomic E-state index is 0.0790. The van der Waals surface area contributed by atoms with E-state index in [1.54, 1.807) is 37.4 Å². The molecular formula is C16H13ClN4O3. The van der Waals surface area contributed by atoms with Gasteiger partial charge in [-0.3, -0.25) is 4.79 Å². The Balaban J connectivity index is 1.89. The lowest BCUT2D eigenvalue weighted by Gasteiger charge is -2.11. The predicted octanol–water partition coefficient (Wildman–Crippen LogP) is 3.23. The van der Waals surface area contributed by atoms with Gasteiger partial charge in [-0.25, -0.2) is 4.98 Å². The summed E-state index contributed by atoms with van der Waals surface area (Å²) < 4.78 is 9.98. The number of benzene rings is 1. The normalized spacial score (nSPS) is 10.4. The zero-order valence-electron chi connectivity index (χ0n) is 12.6. The molecule has 0 spiro atoms. The number of nitrogens with one attached hydrogen (secondary N) is 1. The molecule has 0 unspecified atom stereocenters. The van der Waals surface area contributed by atoms with Crippen LogP contribution in [0.15, 0.2) is 47.1 Å². The molecule has 0 bridgehead atoms. The van der Waals surface area contributed by atoms with Gasteiger partial charge in [-0.1, -0.05) is 16.8 Å². The molecule has 1 aromatic carbocycles. The minimum Gasteiger partial charge on any atom is -0.497 e. The van der Waals surface area contributed by atoms with Crippen molar-refractivity contribution in [2.75, 3.05) is 18.2 Å². The summed E-state index contributed by atoms with van der Waals surface area (Å²) in [5, 5.41) is 6.57. The van der Waals surface area contributed by atoms with E-state index in [2.05, 4.69) is 15.5 Å². The Labute approximate surface area is 142 Å². The first-order valence-corrected chi connectivity index (χ1v) is 7.28. The van der Waals surface area contributed by atoms with Crippen molar-refractivity contribution in [3.63, 3.8) is 0 Å². The highest BCUT2D eigenvalue weighted by Crippen LogP contribution is 2.34. The van der Waals surface area contributed by atoms with Crippen LogP contribution in [0.2, 0.25) is 5.02 Å². The maximum absolute atomic E-state index is 11.9. The van der Waals surface area contributed by atoms with E-state index in [0.29, 0.717) is 21.9 Å². The van der Waals surface area contributed by atoms with E-state index in [9.17, 15) is 4.79 Å². The Morgan fingerprint density at radius 2 is 2.08 bits per heavy atom. The third kappa shape index (κ3) is 3.16. The fourth-order valence-corrected chi connectivity index (χ4v) is 2.34. The maximum atomic E-state index is 11.9. The standard InChI is InChI=1S/C16H13ClN4O3/c1-23-9-2-4-12(17)11(8-9)10-3-5-14(20-15(10)18)21-16(22)13-6-7-19-24-13/h2-8H,1H3,(H3,18,20,21,22). The summed E-state index contributed by atoms with van der Waals surface area (Å²) in [7, 11) is 1.57. The van der Waals surface area contributed by atoms with Gasteiger partial charge in [0, 0.05) is 22.2 Å². The van der Waals surface area contributed by atoms with Gasteiger partial charge in [0.1, 0.15) is 17.4 Å². The van der Waals surface area contributed by atoms with E-state index >= 15 is 0 Å². The molecule has 7 nitrogen and oxygen atoms in total. The van der Waals surface area contributed by atoms with Crippen molar-refractivity contribution in [2.24, 2.45) is 0 Å². The number of carbonyl (C=O) groups is 1. The van der Waals surface area contributed by atoms with E-state index in [1.807, 2.05) is 0 Å². The van der Waals surface area contributed by atoms with Gasteiger partial charge < -0.3 is 20.3 Å². The SMILES string of the molecule is COc1ccc(Cl)c(-c2ccc(NC(=O)c3ccno3)nc2N)c1. The number of hydrogen-bond acceptors (Lipinski definition) is 6. The number of methoxy groups -OCH3 is 1. The van der Waals surface area contributed by atoms with Crippen LogP contribution in [0.5, 0.6) is 5.75 Å². The van der Waals surface area contributed by atoms with E-state index in [-0.39, 0.29) is 17.4 Å². The van der Waals surface area contributed by atoms with Crippen molar-refractivity contribution in [1.29, 1.82) is 0 Å². The molecule has 24 heavy (non-hydrogen) atoms. The number of hydrogen-bond donors (Lipinski definition) is 2. The quantitative estimate of drug-likeness (QED) is 0.753. The van der Waals surface area contributed by atoms with Crippen molar-refractivity contribution in [3.8, 4) is 16.9 Å². The molecule has 3 N–H and O–H groups in total. The number of nitrogens with two attached hydrogens (primary N) is 1. The first-order valence-electron chi connectivity index (χ1n) is 6.91. The topological polar surface area (TPSA) is 103 Å². The number of carbonyl (C=O) groups excluding carboxylic acids is 1. The fraction of sp³-hybridized carbons (Fsp3) is 0.0625. The molecule has 0 saturated heterocycles. The lowest BCUT2D eigenvalue weighted by molar-refractivity contribution is 0.0987. The Morgan fingerprint density at radius 1 is 1.25 bits per heavy atom. The molecule has 0 atom stereocenters. The summed E-state index contributed by atoms with van der Waals surface area (Å²) in [6.07, 6.45) is 1.38. The Bertz CT molecular complexity index is 881. The highest BCUT2D eigenvalue weighted by atomic mass is 35.5. The lowest BCUT2D eigenvalue weighted by Crippen LogP contribution is -2.12. The molecule has 0 fully saturated rings.